The minimum atomic E-state index is -0.540. The number of hydrogen-bond acceptors (Lipinski definition) is 5. The first kappa shape index (κ1) is 17.2. The Morgan fingerprint density at radius 3 is 2.47 bits per heavy atom. The predicted octanol–water partition coefficient (Wildman–Crippen LogP) is 1.59. The van der Waals surface area contributed by atoms with Crippen LogP contribution in [0.4, 0.5) is 4.79 Å². The molecule has 6 nitrogen and oxygen atoms in total. The molecule has 1 amide bonds. The summed E-state index contributed by atoms with van der Waals surface area (Å²) in [6.45, 7) is 5.49. The van der Waals surface area contributed by atoms with Gasteiger partial charge in [-0.2, -0.15) is 0 Å². The highest BCUT2D eigenvalue weighted by Gasteiger charge is 2.04. The zero-order valence-electron chi connectivity index (χ0n) is 11.3. The number of aldehydes is 1. The van der Waals surface area contributed by atoms with Gasteiger partial charge in [-0.3, -0.25) is 0 Å². The average Bonchev–Trinajstić information content (AvgIpc) is 2.38. The number of ether oxygens (including phenoxy) is 2. The number of esters is 1. The third-order valence-corrected chi connectivity index (χ3v) is 2.17. The van der Waals surface area contributed by atoms with Gasteiger partial charge in [0.2, 0.25) is 0 Å². The molecule has 0 aliphatic rings. The molecule has 0 saturated heterocycles. The summed E-state index contributed by atoms with van der Waals surface area (Å²) >= 11 is 0. The van der Waals surface area contributed by atoms with Crippen molar-refractivity contribution in [3.63, 3.8) is 0 Å². The summed E-state index contributed by atoms with van der Waals surface area (Å²) < 4.78 is 9.53. The normalized spacial score (nSPS) is 9.53. The number of hydrogen-bond donors (Lipinski definition) is 1. The van der Waals surface area contributed by atoms with E-state index >= 15 is 0 Å². The summed E-state index contributed by atoms with van der Waals surface area (Å²) in [6, 6.07) is 0. The van der Waals surface area contributed by atoms with E-state index in [4.69, 9.17) is 9.47 Å². The molecule has 0 aliphatic heterocycles. The van der Waals surface area contributed by atoms with Crippen molar-refractivity contribution < 1.29 is 23.9 Å². The molecule has 0 bridgehead atoms. The summed E-state index contributed by atoms with van der Waals surface area (Å²) in [5.74, 6) is -0.501. The quantitative estimate of drug-likeness (QED) is 0.282. The molecule has 19 heavy (non-hydrogen) atoms. The van der Waals surface area contributed by atoms with Gasteiger partial charge >= 0.3 is 12.1 Å². The summed E-state index contributed by atoms with van der Waals surface area (Å²) in [6.07, 6.45) is 3.41. The molecule has 0 rings (SSSR count). The maximum absolute atomic E-state index is 11.2. The lowest BCUT2D eigenvalue weighted by Gasteiger charge is -2.07. The van der Waals surface area contributed by atoms with Gasteiger partial charge in [-0.1, -0.05) is 13.0 Å². The number of alkyl carbamates (subject to hydrolysis) is 1. The van der Waals surface area contributed by atoms with Gasteiger partial charge in [0.15, 0.2) is 0 Å². The second kappa shape index (κ2) is 11.3. The topological polar surface area (TPSA) is 81.7 Å². The lowest BCUT2D eigenvalue weighted by molar-refractivity contribution is -0.139. The van der Waals surface area contributed by atoms with Crippen molar-refractivity contribution in [2.45, 2.75) is 32.6 Å². The molecule has 0 heterocycles. The van der Waals surface area contributed by atoms with Crippen LogP contribution in [0.3, 0.4) is 0 Å². The summed E-state index contributed by atoms with van der Waals surface area (Å²) in [4.78, 5) is 32.2. The highest BCUT2D eigenvalue weighted by Crippen LogP contribution is 1.96. The van der Waals surface area contributed by atoms with Crippen molar-refractivity contribution >= 4 is 18.3 Å². The third-order valence-electron chi connectivity index (χ3n) is 2.17. The number of amides is 1. The van der Waals surface area contributed by atoms with Crippen molar-refractivity contribution in [1.82, 2.24) is 5.32 Å². The SMILES string of the molecule is C=C(C)C(=O)OCCOC(=O)NCCCCCC=O. The molecule has 0 aromatic rings. The molecule has 0 aliphatic carbocycles. The standard InChI is InChI=1S/C13H21NO5/c1-11(2)12(16)18-9-10-19-13(17)14-7-5-3-4-6-8-15/h8H,1,3-7,9-10H2,2H3,(H,14,17). The van der Waals surface area contributed by atoms with Crippen LogP contribution in [-0.2, 0) is 19.1 Å². The molecule has 0 aromatic heterocycles. The van der Waals surface area contributed by atoms with Gasteiger partial charge < -0.3 is 19.6 Å². The monoisotopic (exact) mass is 271 g/mol. The Hall–Kier alpha value is -1.85. The van der Waals surface area contributed by atoms with Gasteiger partial charge in [0.05, 0.1) is 0 Å². The average molecular weight is 271 g/mol. The Morgan fingerprint density at radius 1 is 1.16 bits per heavy atom. The molecule has 0 atom stereocenters. The highest BCUT2D eigenvalue weighted by molar-refractivity contribution is 5.86. The Bertz CT molecular complexity index is 314. The molecule has 1 N–H and O–H groups in total. The smallest absolute Gasteiger partial charge is 0.407 e. The zero-order valence-corrected chi connectivity index (χ0v) is 11.3. The minimum Gasteiger partial charge on any atom is -0.459 e. The van der Waals surface area contributed by atoms with Gasteiger partial charge in [-0.25, -0.2) is 9.59 Å². The molecule has 108 valence electrons. The molecular formula is C13H21NO5. The molecule has 0 spiro atoms. The van der Waals surface area contributed by atoms with Crippen molar-refractivity contribution in [2.24, 2.45) is 0 Å². The fraction of sp³-hybridized carbons (Fsp3) is 0.615. The van der Waals surface area contributed by atoms with Gasteiger partial charge in [-0.05, 0) is 19.8 Å². The van der Waals surface area contributed by atoms with Crippen molar-refractivity contribution in [3.8, 4) is 0 Å². The van der Waals surface area contributed by atoms with E-state index in [1.165, 1.54) is 0 Å². The molecule has 0 fully saturated rings. The van der Waals surface area contributed by atoms with Crippen molar-refractivity contribution in [2.75, 3.05) is 19.8 Å². The maximum Gasteiger partial charge on any atom is 0.407 e. The van der Waals surface area contributed by atoms with Gasteiger partial charge in [0.1, 0.15) is 19.5 Å². The minimum absolute atomic E-state index is 0.00992. The van der Waals surface area contributed by atoms with Gasteiger partial charge in [0.25, 0.3) is 0 Å². The Kier molecular flexibility index (Phi) is 10.2. The van der Waals surface area contributed by atoms with Crippen LogP contribution in [0.25, 0.3) is 0 Å². The zero-order chi connectivity index (χ0) is 14.5. The predicted molar refractivity (Wildman–Crippen MR) is 69.7 cm³/mol. The summed E-state index contributed by atoms with van der Waals surface area (Å²) in [7, 11) is 0. The van der Waals surface area contributed by atoms with Crippen LogP contribution >= 0.6 is 0 Å². The van der Waals surface area contributed by atoms with E-state index in [1.807, 2.05) is 0 Å². The van der Waals surface area contributed by atoms with Crippen molar-refractivity contribution in [3.05, 3.63) is 12.2 Å². The van der Waals surface area contributed by atoms with Crippen LogP contribution in [-0.4, -0.2) is 38.1 Å². The van der Waals surface area contributed by atoms with Crippen LogP contribution in [0.5, 0.6) is 0 Å². The van der Waals surface area contributed by atoms with E-state index in [2.05, 4.69) is 11.9 Å². The van der Waals surface area contributed by atoms with Crippen molar-refractivity contribution in [1.29, 1.82) is 0 Å². The van der Waals surface area contributed by atoms with Crippen LogP contribution < -0.4 is 5.32 Å². The van der Waals surface area contributed by atoms with E-state index in [0.717, 1.165) is 25.5 Å². The fourth-order valence-electron chi connectivity index (χ4n) is 1.16. The van der Waals surface area contributed by atoms with Gasteiger partial charge in [0, 0.05) is 18.5 Å². The molecule has 6 heteroatoms. The van der Waals surface area contributed by atoms with Crippen LogP contribution in [0.1, 0.15) is 32.6 Å². The largest absolute Gasteiger partial charge is 0.459 e. The number of nitrogens with one attached hydrogen (secondary N) is 1. The molecule has 0 aromatic carbocycles. The van der Waals surface area contributed by atoms with E-state index in [1.54, 1.807) is 6.92 Å². The van der Waals surface area contributed by atoms with Gasteiger partial charge in [-0.15, -0.1) is 0 Å². The number of carbonyl (C=O) groups is 3. The Balaban J connectivity index is 3.37. The third kappa shape index (κ3) is 11.0. The first-order valence-corrected chi connectivity index (χ1v) is 6.24. The van der Waals surface area contributed by atoms with E-state index in [9.17, 15) is 14.4 Å². The Morgan fingerprint density at radius 2 is 1.84 bits per heavy atom. The molecular weight excluding hydrogens is 250 g/mol. The van der Waals surface area contributed by atoms with E-state index in [-0.39, 0.29) is 13.2 Å². The second-order valence-corrected chi connectivity index (χ2v) is 3.99. The van der Waals surface area contributed by atoms with E-state index < -0.39 is 12.1 Å². The first-order chi connectivity index (χ1) is 9.07. The second-order valence-electron chi connectivity index (χ2n) is 3.99. The highest BCUT2D eigenvalue weighted by atomic mass is 16.6. The van der Waals surface area contributed by atoms with Crippen LogP contribution in [0.2, 0.25) is 0 Å². The van der Waals surface area contributed by atoms with E-state index in [0.29, 0.717) is 18.5 Å². The molecule has 0 unspecified atom stereocenters. The first-order valence-electron chi connectivity index (χ1n) is 6.24. The molecule has 0 radical (unpaired) electrons. The van der Waals surface area contributed by atoms with Crippen LogP contribution in [0.15, 0.2) is 12.2 Å². The summed E-state index contributed by atoms with van der Waals surface area (Å²) in [5, 5.41) is 2.56. The van der Waals surface area contributed by atoms with Crippen LogP contribution in [0, 0.1) is 0 Å². The fourth-order valence-corrected chi connectivity index (χ4v) is 1.16. The number of unbranched alkanes of at least 4 members (excludes halogenated alkanes) is 3. The number of rotatable bonds is 10. The Labute approximate surface area is 113 Å². The lowest BCUT2D eigenvalue weighted by atomic mass is 10.2. The number of carbonyl (C=O) groups excluding carboxylic acids is 3. The summed E-state index contributed by atoms with van der Waals surface area (Å²) in [5.41, 5.74) is 0.305. The maximum atomic E-state index is 11.2. The molecule has 0 saturated carbocycles. The lowest BCUT2D eigenvalue weighted by Crippen LogP contribution is -2.26.